The number of anilines is 1. The minimum atomic E-state index is -4.87. The molecule has 0 radical (unpaired) electrons. The number of halogens is 4. The number of carbonyl (C=O) groups excluding carboxylic acids is 1. The molecular weight excluding hydrogens is 504 g/mol. The molecule has 0 saturated heterocycles. The summed E-state index contributed by atoms with van der Waals surface area (Å²) in [6.07, 6.45) is -2.21. The van der Waals surface area contributed by atoms with Crippen LogP contribution in [0.15, 0.2) is 67.0 Å². The van der Waals surface area contributed by atoms with Gasteiger partial charge in [0.1, 0.15) is 16.9 Å². The fourth-order valence-electron chi connectivity index (χ4n) is 3.96. The lowest BCUT2D eigenvalue weighted by atomic mass is 9.99. The molecule has 8 nitrogen and oxygen atoms in total. The number of para-hydroxylation sites is 1. The van der Waals surface area contributed by atoms with Gasteiger partial charge in [0.25, 0.3) is 5.91 Å². The average molecular weight is 524 g/mol. The summed E-state index contributed by atoms with van der Waals surface area (Å²) in [7, 11) is 0. The monoisotopic (exact) mass is 524 g/mol. The summed E-state index contributed by atoms with van der Waals surface area (Å²) in [5, 5.41) is 23.5. The molecule has 0 saturated carbocycles. The number of alkyl halides is 3. The first-order valence-electron chi connectivity index (χ1n) is 11.3. The van der Waals surface area contributed by atoms with Crippen LogP contribution in [0.1, 0.15) is 35.3 Å². The number of hydrogen-bond donors (Lipinski definition) is 3. The number of amides is 1. The quantitative estimate of drug-likeness (QED) is 0.265. The van der Waals surface area contributed by atoms with Crippen LogP contribution in [-0.2, 0) is 11.8 Å². The number of H-pyrrole nitrogens is 1. The second kappa shape index (κ2) is 9.06. The lowest BCUT2D eigenvalue weighted by Crippen LogP contribution is -2.18. The smallest absolute Gasteiger partial charge is 0.386 e. The van der Waals surface area contributed by atoms with Crippen molar-refractivity contribution in [3.63, 3.8) is 0 Å². The van der Waals surface area contributed by atoms with E-state index in [9.17, 15) is 27.5 Å². The van der Waals surface area contributed by atoms with E-state index >= 15 is 0 Å². The maximum atomic E-state index is 15.0. The SMILES string of the molecule is CC(C)(O)c1cnc2c(NC(=O)c3cc(-c4ccn[nH]4)c(C(F)(F)F)cc3F)n(-c3ccccc3)nc2c1. The number of fused-ring (bicyclic) bond motifs is 1. The Bertz CT molecular complexity index is 1640. The van der Waals surface area contributed by atoms with Crippen molar-refractivity contribution in [3.8, 4) is 16.9 Å². The normalized spacial score (nSPS) is 12.2. The Labute approximate surface area is 213 Å². The number of hydrogen-bond acceptors (Lipinski definition) is 5. The van der Waals surface area contributed by atoms with Gasteiger partial charge in [0.05, 0.1) is 28.1 Å². The van der Waals surface area contributed by atoms with Gasteiger partial charge in [-0.1, -0.05) is 18.2 Å². The first kappa shape index (κ1) is 25.1. The second-order valence-corrected chi connectivity index (χ2v) is 9.05. The van der Waals surface area contributed by atoms with Crippen LogP contribution in [0.3, 0.4) is 0 Å². The van der Waals surface area contributed by atoms with Crippen LogP contribution < -0.4 is 5.32 Å². The summed E-state index contributed by atoms with van der Waals surface area (Å²) >= 11 is 0. The molecule has 3 heterocycles. The van der Waals surface area contributed by atoms with Crippen molar-refractivity contribution in [2.24, 2.45) is 0 Å². The highest BCUT2D eigenvalue weighted by atomic mass is 19.4. The molecule has 0 spiro atoms. The maximum absolute atomic E-state index is 15.0. The minimum Gasteiger partial charge on any atom is -0.386 e. The van der Waals surface area contributed by atoms with Crippen molar-refractivity contribution in [3.05, 3.63) is 89.5 Å². The van der Waals surface area contributed by atoms with Gasteiger partial charge in [-0.25, -0.2) is 9.07 Å². The number of rotatable bonds is 5. The van der Waals surface area contributed by atoms with Crippen molar-refractivity contribution < 1.29 is 27.5 Å². The molecule has 3 aromatic heterocycles. The zero-order valence-corrected chi connectivity index (χ0v) is 20.0. The third-order valence-electron chi connectivity index (χ3n) is 5.90. The topological polar surface area (TPSA) is 109 Å². The first-order chi connectivity index (χ1) is 17.9. The Morgan fingerprint density at radius 2 is 1.82 bits per heavy atom. The van der Waals surface area contributed by atoms with Crippen molar-refractivity contribution in [2.45, 2.75) is 25.6 Å². The standard InChI is InChI=1S/C26H20F4N6O2/c1-25(2,38)14-10-21-22(31-13-14)23(36(35-21)15-6-4-3-5-7-15)33-24(37)17-11-16(20-8-9-32-34-20)18(12-19(17)27)26(28,29)30/h3-13,38H,1-2H3,(H,32,34)(H,33,37). The molecule has 0 unspecified atom stereocenters. The lowest BCUT2D eigenvalue weighted by molar-refractivity contribution is -0.137. The molecule has 12 heteroatoms. The van der Waals surface area contributed by atoms with E-state index in [0.717, 1.165) is 6.07 Å². The van der Waals surface area contributed by atoms with Gasteiger partial charge < -0.3 is 10.4 Å². The van der Waals surface area contributed by atoms with Crippen LogP contribution >= 0.6 is 0 Å². The van der Waals surface area contributed by atoms with Gasteiger partial charge >= 0.3 is 6.18 Å². The summed E-state index contributed by atoms with van der Waals surface area (Å²) in [4.78, 5) is 17.7. The van der Waals surface area contributed by atoms with Crippen LogP contribution in [0.2, 0.25) is 0 Å². The molecular formula is C26H20F4N6O2. The molecule has 1 amide bonds. The Hall–Kier alpha value is -4.58. The highest BCUT2D eigenvalue weighted by molar-refractivity contribution is 6.08. The highest BCUT2D eigenvalue weighted by Gasteiger charge is 2.36. The largest absolute Gasteiger partial charge is 0.417 e. The van der Waals surface area contributed by atoms with E-state index in [1.807, 2.05) is 0 Å². The number of aromatic amines is 1. The first-order valence-corrected chi connectivity index (χ1v) is 11.3. The number of pyridine rings is 1. The summed E-state index contributed by atoms with van der Waals surface area (Å²) in [6.45, 7) is 3.16. The van der Waals surface area contributed by atoms with Gasteiger partial charge in [0.15, 0.2) is 5.82 Å². The average Bonchev–Trinajstić information content (AvgIpc) is 3.52. The van der Waals surface area contributed by atoms with Crippen molar-refractivity contribution in [1.29, 1.82) is 0 Å². The predicted octanol–water partition coefficient (Wildman–Crippen LogP) is 5.45. The molecule has 194 valence electrons. The fourth-order valence-corrected chi connectivity index (χ4v) is 3.96. The molecule has 0 aliphatic rings. The van der Waals surface area contributed by atoms with Gasteiger partial charge in [-0.3, -0.25) is 14.9 Å². The van der Waals surface area contributed by atoms with Gasteiger partial charge in [-0.2, -0.15) is 23.4 Å². The summed E-state index contributed by atoms with van der Waals surface area (Å²) in [5.41, 5.74) is -1.99. The third kappa shape index (κ3) is 4.61. The van der Waals surface area contributed by atoms with E-state index in [0.29, 0.717) is 16.8 Å². The van der Waals surface area contributed by atoms with E-state index in [1.54, 1.807) is 50.2 Å². The van der Waals surface area contributed by atoms with Crippen molar-refractivity contribution in [1.82, 2.24) is 25.0 Å². The molecule has 2 aromatic carbocycles. The number of carbonyl (C=O) groups is 1. The molecule has 5 aromatic rings. The molecule has 0 fully saturated rings. The fraction of sp³-hybridized carbons (Fsp3) is 0.154. The molecule has 5 rings (SSSR count). The zero-order valence-electron chi connectivity index (χ0n) is 20.0. The Kier molecular flexibility index (Phi) is 5.98. The summed E-state index contributed by atoms with van der Waals surface area (Å²) in [5.74, 6) is -2.30. The second-order valence-electron chi connectivity index (χ2n) is 9.05. The Morgan fingerprint density at radius 1 is 1.08 bits per heavy atom. The predicted molar refractivity (Wildman–Crippen MR) is 131 cm³/mol. The van der Waals surface area contributed by atoms with Crippen LogP contribution in [-0.4, -0.2) is 36.0 Å². The van der Waals surface area contributed by atoms with Crippen molar-refractivity contribution in [2.75, 3.05) is 5.32 Å². The molecule has 38 heavy (non-hydrogen) atoms. The van der Waals surface area contributed by atoms with Crippen LogP contribution in [0, 0.1) is 5.82 Å². The van der Waals surface area contributed by atoms with E-state index in [2.05, 4.69) is 25.6 Å². The zero-order chi connectivity index (χ0) is 27.2. The van der Waals surface area contributed by atoms with Gasteiger partial charge in [0, 0.05) is 23.5 Å². The molecule has 0 aliphatic heterocycles. The van der Waals surface area contributed by atoms with Gasteiger partial charge in [-0.15, -0.1) is 0 Å². The van der Waals surface area contributed by atoms with E-state index in [-0.39, 0.29) is 23.1 Å². The number of aromatic nitrogens is 5. The van der Waals surface area contributed by atoms with Crippen molar-refractivity contribution >= 4 is 22.8 Å². The number of nitrogens with zero attached hydrogens (tertiary/aromatic N) is 4. The van der Waals surface area contributed by atoms with Crippen LogP contribution in [0.25, 0.3) is 28.0 Å². The van der Waals surface area contributed by atoms with Gasteiger partial charge in [0.2, 0.25) is 0 Å². The molecule has 3 N–H and O–H groups in total. The number of nitrogens with one attached hydrogen (secondary N) is 2. The maximum Gasteiger partial charge on any atom is 0.417 e. The number of benzene rings is 2. The molecule has 0 bridgehead atoms. The summed E-state index contributed by atoms with van der Waals surface area (Å²) in [6, 6.07) is 12.7. The Morgan fingerprint density at radius 3 is 2.45 bits per heavy atom. The Balaban J connectivity index is 1.64. The minimum absolute atomic E-state index is 0.0352. The molecule has 0 atom stereocenters. The lowest BCUT2D eigenvalue weighted by Gasteiger charge is -2.16. The molecule has 0 aliphatic carbocycles. The van der Waals surface area contributed by atoms with E-state index in [4.69, 9.17) is 0 Å². The third-order valence-corrected chi connectivity index (χ3v) is 5.90. The van der Waals surface area contributed by atoms with Crippen LogP contribution in [0.5, 0.6) is 0 Å². The van der Waals surface area contributed by atoms with Gasteiger partial charge in [-0.05, 0) is 50.2 Å². The highest BCUT2D eigenvalue weighted by Crippen LogP contribution is 2.38. The number of aliphatic hydroxyl groups is 1. The summed E-state index contributed by atoms with van der Waals surface area (Å²) < 4.78 is 57.3. The van der Waals surface area contributed by atoms with E-state index < -0.39 is 40.2 Å². The van der Waals surface area contributed by atoms with Crippen LogP contribution in [0.4, 0.5) is 23.4 Å². The van der Waals surface area contributed by atoms with E-state index in [1.165, 1.54) is 23.1 Å².